The number of nitrogens with one attached hydrogen (secondary N) is 1. The number of hydrazone groups is 1. The Balaban J connectivity index is 1.67. The van der Waals surface area contributed by atoms with Crippen LogP contribution in [0.4, 0.5) is 5.82 Å². The van der Waals surface area contributed by atoms with Crippen molar-refractivity contribution in [1.29, 1.82) is 0 Å². The lowest BCUT2D eigenvalue weighted by atomic mass is 10.1. The summed E-state index contributed by atoms with van der Waals surface area (Å²) < 4.78 is 0. The van der Waals surface area contributed by atoms with Crippen molar-refractivity contribution in [3.8, 4) is 0 Å². The Hall–Kier alpha value is -2.75. The average molecular weight is 290 g/mol. The van der Waals surface area contributed by atoms with E-state index in [2.05, 4.69) is 45.0 Å². The summed E-state index contributed by atoms with van der Waals surface area (Å²) in [5.74, 6) is 0.692. The molecule has 0 spiro atoms. The predicted molar refractivity (Wildman–Crippen MR) is 91.0 cm³/mol. The van der Waals surface area contributed by atoms with Gasteiger partial charge in [0, 0.05) is 16.5 Å². The quantitative estimate of drug-likeness (QED) is 0.569. The molecule has 3 aromatic rings. The normalized spacial score (nSPS) is 11.6. The van der Waals surface area contributed by atoms with Gasteiger partial charge in [0.25, 0.3) is 0 Å². The van der Waals surface area contributed by atoms with Crippen molar-refractivity contribution in [1.82, 2.24) is 10.2 Å². The zero-order chi connectivity index (χ0) is 15.2. The van der Waals surface area contributed by atoms with Crippen LogP contribution in [-0.2, 0) is 6.42 Å². The van der Waals surface area contributed by atoms with Gasteiger partial charge in [0.2, 0.25) is 0 Å². The standard InChI is InChI=1S/C18H18N4/c1-14(11-12-15-7-3-2-4-8-15)20-22-18-17-10-6-5-9-16(17)13-19-21-18/h2-10,13H,11-12H2,1H3,(H,21,22)/b20-14-. The first-order valence-corrected chi connectivity index (χ1v) is 7.36. The Morgan fingerprint density at radius 3 is 2.68 bits per heavy atom. The first-order chi connectivity index (χ1) is 10.8. The molecule has 3 rings (SSSR count). The second-order valence-corrected chi connectivity index (χ2v) is 5.22. The van der Waals surface area contributed by atoms with E-state index in [4.69, 9.17) is 0 Å². The number of benzene rings is 2. The molecule has 110 valence electrons. The highest BCUT2D eigenvalue weighted by Gasteiger charge is 2.02. The largest absolute Gasteiger partial charge is 0.259 e. The van der Waals surface area contributed by atoms with E-state index in [1.165, 1.54) is 5.56 Å². The summed E-state index contributed by atoms with van der Waals surface area (Å²) in [6.07, 6.45) is 3.65. The number of aryl methyl sites for hydroxylation is 1. The van der Waals surface area contributed by atoms with Gasteiger partial charge in [0.05, 0.1) is 6.20 Å². The Bertz CT molecular complexity index is 776. The van der Waals surface area contributed by atoms with Crippen LogP contribution in [0.5, 0.6) is 0 Å². The van der Waals surface area contributed by atoms with E-state index in [0.717, 1.165) is 29.3 Å². The SMILES string of the molecule is C/C(CCc1ccccc1)=N/Nc1nncc2ccccc12. The van der Waals surface area contributed by atoms with E-state index in [9.17, 15) is 0 Å². The maximum absolute atomic E-state index is 4.42. The van der Waals surface area contributed by atoms with Gasteiger partial charge < -0.3 is 0 Å². The molecule has 0 saturated heterocycles. The minimum Gasteiger partial charge on any atom is -0.259 e. The summed E-state index contributed by atoms with van der Waals surface area (Å²) in [6, 6.07) is 18.4. The Morgan fingerprint density at radius 1 is 1.05 bits per heavy atom. The number of fused-ring (bicyclic) bond motifs is 1. The van der Waals surface area contributed by atoms with Crippen molar-refractivity contribution in [2.75, 3.05) is 5.43 Å². The fraction of sp³-hybridized carbons (Fsp3) is 0.167. The number of anilines is 1. The van der Waals surface area contributed by atoms with E-state index < -0.39 is 0 Å². The molecule has 0 aliphatic rings. The van der Waals surface area contributed by atoms with Crippen molar-refractivity contribution in [2.24, 2.45) is 5.10 Å². The molecule has 0 unspecified atom stereocenters. The summed E-state index contributed by atoms with van der Waals surface area (Å²) >= 11 is 0. The summed E-state index contributed by atoms with van der Waals surface area (Å²) in [5, 5.41) is 14.6. The summed E-state index contributed by atoms with van der Waals surface area (Å²) in [5.41, 5.74) is 5.40. The summed E-state index contributed by atoms with van der Waals surface area (Å²) in [4.78, 5) is 0. The Labute approximate surface area is 129 Å². The van der Waals surface area contributed by atoms with Gasteiger partial charge in [0.1, 0.15) is 0 Å². The van der Waals surface area contributed by atoms with Crippen LogP contribution in [0.25, 0.3) is 10.8 Å². The van der Waals surface area contributed by atoms with E-state index >= 15 is 0 Å². The van der Waals surface area contributed by atoms with Crippen LogP contribution in [-0.4, -0.2) is 15.9 Å². The van der Waals surface area contributed by atoms with Crippen molar-refractivity contribution in [3.63, 3.8) is 0 Å². The third kappa shape index (κ3) is 3.47. The van der Waals surface area contributed by atoms with Crippen molar-refractivity contribution in [3.05, 3.63) is 66.4 Å². The smallest absolute Gasteiger partial charge is 0.176 e. The fourth-order valence-electron chi connectivity index (χ4n) is 2.28. The second-order valence-electron chi connectivity index (χ2n) is 5.22. The number of hydrogen-bond acceptors (Lipinski definition) is 4. The van der Waals surface area contributed by atoms with Crippen molar-refractivity contribution < 1.29 is 0 Å². The number of rotatable bonds is 5. The summed E-state index contributed by atoms with van der Waals surface area (Å²) in [6.45, 7) is 2.02. The molecule has 0 fully saturated rings. The molecule has 2 aromatic carbocycles. The molecule has 22 heavy (non-hydrogen) atoms. The van der Waals surface area contributed by atoms with Gasteiger partial charge in [-0.1, -0.05) is 54.6 Å². The highest BCUT2D eigenvalue weighted by Crippen LogP contribution is 2.19. The van der Waals surface area contributed by atoms with Crippen molar-refractivity contribution >= 4 is 22.3 Å². The lowest BCUT2D eigenvalue weighted by molar-refractivity contribution is 1.01. The fourth-order valence-corrected chi connectivity index (χ4v) is 2.28. The molecule has 4 nitrogen and oxygen atoms in total. The zero-order valence-electron chi connectivity index (χ0n) is 12.5. The maximum atomic E-state index is 4.42. The first-order valence-electron chi connectivity index (χ1n) is 7.36. The topological polar surface area (TPSA) is 50.2 Å². The van der Waals surface area contributed by atoms with E-state index in [1.807, 2.05) is 37.3 Å². The van der Waals surface area contributed by atoms with E-state index in [1.54, 1.807) is 6.20 Å². The zero-order valence-corrected chi connectivity index (χ0v) is 12.5. The highest BCUT2D eigenvalue weighted by molar-refractivity contribution is 5.91. The molecule has 0 amide bonds. The van der Waals surface area contributed by atoms with Gasteiger partial charge in [-0.2, -0.15) is 10.2 Å². The van der Waals surface area contributed by atoms with Crippen LogP contribution in [0.3, 0.4) is 0 Å². The molecule has 1 heterocycles. The molecular weight excluding hydrogens is 272 g/mol. The van der Waals surface area contributed by atoms with E-state index in [0.29, 0.717) is 5.82 Å². The van der Waals surface area contributed by atoms with Gasteiger partial charge in [-0.25, -0.2) is 0 Å². The maximum Gasteiger partial charge on any atom is 0.176 e. The van der Waals surface area contributed by atoms with Gasteiger partial charge >= 0.3 is 0 Å². The Kier molecular flexibility index (Phi) is 4.39. The van der Waals surface area contributed by atoms with Crippen LogP contribution in [0, 0.1) is 0 Å². The van der Waals surface area contributed by atoms with Gasteiger partial charge in [-0.15, -0.1) is 5.10 Å². The predicted octanol–water partition coefficient (Wildman–Crippen LogP) is 4.05. The highest BCUT2D eigenvalue weighted by atomic mass is 15.3. The van der Waals surface area contributed by atoms with Gasteiger partial charge in [-0.3, -0.25) is 5.43 Å². The molecule has 0 radical (unpaired) electrons. The average Bonchev–Trinajstić information content (AvgIpc) is 2.59. The lowest BCUT2D eigenvalue weighted by Crippen LogP contribution is -2.02. The molecule has 1 aromatic heterocycles. The number of hydrogen-bond donors (Lipinski definition) is 1. The number of nitrogens with zero attached hydrogens (tertiary/aromatic N) is 3. The molecule has 0 bridgehead atoms. The number of aromatic nitrogens is 2. The van der Waals surface area contributed by atoms with Gasteiger partial charge in [0.15, 0.2) is 5.82 Å². The molecule has 1 N–H and O–H groups in total. The Morgan fingerprint density at radius 2 is 1.82 bits per heavy atom. The minimum atomic E-state index is 0.692. The third-order valence-corrected chi connectivity index (χ3v) is 3.54. The van der Waals surface area contributed by atoms with E-state index in [-0.39, 0.29) is 0 Å². The third-order valence-electron chi connectivity index (χ3n) is 3.54. The minimum absolute atomic E-state index is 0.692. The molecule has 0 aliphatic heterocycles. The molecule has 0 saturated carbocycles. The lowest BCUT2D eigenvalue weighted by Gasteiger charge is -2.05. The van der Waals surface area contributed by atoms with Crippen LogP contribution in [0.15, 0.2) is 65.9 Å². The molecule has 4 heteroatoms. The monoisotopic (exact) mass is 290 g/mol. The van der Waals surface area contributed by atoms with Crippen LogP contribution >= 0.6 is 0 Å². The van der Waals surface area contributed by atoms with Crippen LogP contribution < -0.4 is 5.43 Å². The first kappa shape index (κ1) is 14.2. The molecule has 0 aliphatic carbocycles. The molecular formula is C18H18N4. The summed E-state index contributed by atoms with van der Waals surface area (Å²) in [7, 11) is 0. The van der Waals surface area contributed by atoms with Crippen molar-refractivity contribution in [2.45, 2.75) is 19.8 Å². The molecule has 0 atom stereocenters. The van der Waals surface area contributed by atoms with Crippen LogP contribution in [0.2, 0.25) is 0 Å². The van der Waals surface area contributed by atoms with Crippen LogP contribution in [0.1, 0.15) is 18.9 Å². The van der Waals surface area contributed by atoms with Gasteiger partial charge in [-0.05, 0) is 25.3 Å². The second kappa shape index (κ2) is 6.80.